The van der Waals surface area contributed by atoms with E-state index in [0.717, 1.165) is 0 Å². The fourth-order valence-electron chi connectivity index (χ4n) is 4.02. The minimum absolute atomic E-state index is 0.0196. The number of aliphatic hydroxyl groups excluding tert-OH is 1. The Hall–Kier alpha value is -3.78. The third-order valence-corrected chi connectivity index (χ3v) is 5.70. The third kappa shape index (κ3) is 4.05. The smallest absolute Gasteiger partial charge is 0.290 e. The van der Waals surface area contributed by atoms with Gasteiger partial charge in [-0.15, -0.1) is 0 Å². The van der Waals surface area contributed by atoms with E-state index in [9.17, 15) is 14.7 Å². The summed E-state index contributed by atoms with van der Waals surface area (Å²) in [7, 11) is 6.85. The van der Waals surface area contributed by atoms with E-state index in [4.69, 9.17) is 13.9 Å². The first-order valence-electron chi connectivity index (χ1n) is 10.5. The molecule has 0 fully saturated rings. The Morgan fingerprint density at radius 1 is 1.12 bits per heavy atom. The van der Waals surface area contributed by atoms with Crippen LogP contribution in [0.3, 0.4) is 0 Å². The van der Waals surface area contributed by atoms with Crippen LogP contribution in [0.4, 0.5) is 0 Å². The summed E-state index contributed by atoms with van der Waals surface area (Å²) in [5.74, 6) is -0.630. The highest BCUT2D eigenvalue weighted by Gasteiger charge is 2.44. The third-order valence-electron chi connectivity index (χ3n) is 5.70. The monoisotopic (exact) mass is 450 g/mol. The molecule has 0 bridgehead atoms. The highest BCUT2D eigenvalue weighted by atomic mass is 16.5. The molecule has 0 unspecified atom stereocenters. The molecule has 4 rings (SSSR count). The number of Topliss-reactive ketones (excluding diaryl/α,β-unsaturated/α-hetero) is 1. The number of hydrogen-bond donors (Lipinski definition) is 1. The number of carbonyl (C=O) groups is 2. The van der Waals surface area contributed by atoms with E-state index in [0.29, 0.717) is 41.1 Å². The number of ketones is 1. The number of methoxy groups -OCH3 is 2. The molecule has 8 heteroatoms. The Labute approximate surface area is 191 Å². The molecule has 0 saturated carbocycles. The van der Waals surface area contributed by atoms with Crippen molar-refractivity contribution in [2.75, 3.05) is 41.4 Å². The molecule has 8 nitrogen and oxygen atoms in total. The van der Waals surface area contributed by atoms with Crippen molar-refractivity contribution in [3.05, 3.63) is 71.2 Å². The summed E-state index contributed by atoms with van der Waals surface area (Å²) in [4.78, 5) is 30.1. The molecular formula is C25H26N2O6. The zero-order valence-corrected chi connectivity index (χ0v) is 19.0. The standard InChI is InChI=1S/C25H26N2O6/c1-26(2)11-12-27-21(15-7-5-9-17(13-15)31-3)20(23(29)25(27)30)22(28)19-14-16-8-6-10-18(32-4)24(16)33-19/h5-10,13-14,21,29H,11-12H2,1-4H3/t21-/m1/s1. The van der Waals surface area contributed by atoms with Crippen LogP contribution in [0.25, 0.3) is 11.0 Å². The Bertz CT molecular complexity index is 1240. The number of para-hydroxylation sites is 1. The predicted molar refractivity (Wildman–Crippen MR) is 123 cm³/mol. The van der Waals surface area contributed by atoms with Crippen LogP contribution in [-0.4, -0.2) is 68.0 Å². The number of hydrogen-bond acceptors (Lipinski definition) is 7. The lowest BCUT2D eigenvalue weighted by Crippen LogP contribution is -2.36. The minimum atomic E-state index is -0.782. The summed E-state index contributed by atoms with van der Waals surface area (Å²) >= 11 is 0. The normalized spacial score (nSPS) is 16.2. The molecule has 1 amide bonds. The van der Waals surface area contributed by atoms with Gasteiger partial charge >= 0.3 is 0 Å². The lowest BCUT2D eigenvalue weighted by molar-refractivity contribution is -0.129. The predicted octanol–water partition coefficient (Wildman–Crippen LogP) is 3.59. The summed E-state index contributed by atoms with van der Waals surface area (Å²) in [6.45, 7) is 0.880. The number of amides is 1. The first-order chi connectivity index (χ1) is 15.8. The molecule has 0 radical (unpaired) electrons. The summed E-state index contributed by atoms with van der Waals surface area (Å²) in [5, 5.41) is 11.5. The number of aliphatic hydroxyl groups is 1. The van der Waals surface area contributed by atoms with Crippen molar-refractivity contribution in [1.29, 1.82) is 0 Å². The Morgan fingerprint density at radius 2 is 1.88 bits per heavy atom. The van der Waals surface area contributed by atoms with Crippen LogP contribution in [0.2, 0.25) is 0 Å². The van der Waals surface area contributed by atoms with E-state index >= 15 is 0 Å². The van der Waals surface area contributed by atoms with Crippen molar-refractivity contribution in [1.82, 2.24) is 9.80 Å². The number of carbonyl (C=O) groups excluding carboxylic acids is 2. The number of furan rings is 1. The van der Waals surface area contributed by atoms with Gasteiger partial charge in [0.1, 0.15) is 5.75 Å². The molecule has 172 valence electrons. The van der Waals surface area contributed by atoms with Crippen LogP contribution in [0.15, 0.2) is 64.3 Å². The van der Waals surface area contributed by atoms with Gasteiger partial charge in [0.2, 0.25) is 5.78 Å². The number of nitrogens with zero attached hydrogens (tertiary/aromatic N) is 2. The molecule has 3 aromatic rings. The molecule has 1 N–H and O–H groups in total. The maximum absolute atomic E-state index is 13.6. The van der Waals surface area contributed by atoms with Gasteiger partial charge in [0.15, 0.2) is 22.9 Å². The molecule has 1 aliphatic rings. The number of benzene rings is 2. The van der Waals surface area contributed by atoms with Crippen LogP contribution in [0.1, 0.15) is 22.2 Å². The molecule has 1 aliphatic heterocycles. The van der Waals surface area contributed by atoms with E-state index in [1.54, 1.807) is 55.6 Å². The van der Waals surface area contributed by atoms with Gasteiger partial charge < -0.3 is 28.8 Å². The van der Waals surface area contributed by atoms with Gasteiger partial charge in [-0.1, -0.05) is 24.3 Å². The van der Waals surface area contributed by atoms with E-state index in [1.807, 2.05) is 19.0 Å². The Balaban J connectivity index is 1.81. The molecule has 33 heavy (non-hydrogen) atoms. The number of fused-ring (bicyclic) bond motifs is 1. The quantitative estimate of drug-likeness (QED) is 0.524. The zero-order valence-electron chi connectivity index (χ0n) is 19.0. The lowest BCUT2D eigenvalue weighted by atomic mass is 9.95. The lowest BCUT2D eigenvalue weighted by Gasteiger charge is -2.28. The van der Waals surface area contributed by atoms with Gasteiger partial charge in [-0.2, -0.15) is 0 Å². The van der Waals surface area contributed by atoms with Crippen molar-refractivity contribution < 1.29 is 28.6 Å². The fraction of sp³-hybridized carbons (Fsp3) is 0.280. The van der Waals surface area contributed by atoms with Crippen molar-refractivity contribution in [3.8, 4) is 11.5 Å². The van der Waals surface area contributed by atoms with Crippen LogP contribution in [0.5, 0.6) is 11.5 Å². The van der Waals surface area contributed by atoms with Gasteiger partial charge in [0.25, 0.3) is 5.91 Å². The van der Waals surface area contributed by atoms with E-state index in [2.05, 4.69) is 0 Å². The zero-order chi connectivity index (χ0) is 23.7. The van der Waals surface area contributed by atoms with Crippen molar-refractivity contribution in [3.63, 3.8) is 0 Å². The van der Waals surface area contributed by atoms with E-state index < -0.39 is 23.5 Å². The van der Waals surface area contributed by atoms with Gasteiger partial charge in [-0.3, -0.25) is 9.59 Å². The maximum atomic E-state index is 13.6. The van der Waals surface area contributed by atoms with E-state index in [1.165, 1.54) is 12.0 Å². The van der Waals surface area contributed by atoms with Gasteiger partial charge in [-0.25, -0.2) is 0 Å². The molecule has 1 atom stereocenters. The van der Waals surface area contributed by atoms with Gasteiger partial charge in [0, 0.05) is 18.5 Å². The number of ether oxygens (including phenoxy) is 2. The molecule has 0 aliphatic carbocycles. The Kier molecular flexibility index (Phi) is 6.11. The average molecular weight is 450 g/mol. The van der Waals surface area contributed by atoms with Crippen molar-refractivity contribution in [2.24, 2.45) is 0 Å². The second-order valence-corrected chi connectivity index (χ2v) is 8.06. The molecular weight excluding hydrogens is 424 g/mol. The molecule has 0 spiro atoms. The summed E-state index contributed by atoms with van der Waals surface area (Å²) in [5.41, 5.74) is 1.06. The van der Waals surface area contributed by atoms with Gasteiger partial charge in [-0.05, 0) is 43.9 Å². The first-order valence-corrected chi connectivity index (χ1v) is 10.5. The molecule has 2 aromatic carbocycles. The average Bonchev–Trinajstić information content (AvgIpc) is 3.36. The minimum Gasteiger partial charge on any atom is -0.503 e. The first kappa shape index (κ1) is 22.4. The maximum Gasteiger partial charge on any atom is 0.290 e. The van der Waals surface area contributed by atoms with Crippen LogP contribution in [0, 0.1) is 0 Å². The second-order valence-electron chi connectivity index (χ2n) is 8.06. The number of likely N-dealkylation sites (N-methyl/N-ethyl adjacent to an activating group) is 1. The Morgan fingerprint density at radius 3 is 2.58 bits per heavy atom. The molecule has 1 aromatic heterocycles. The van der Waals surface area contributed by atoms with Crippen molar-refractivity contribution >= 4 is 22.7 Å². The SMILES string of the molecule is COc1cccc([C@@H]2C(C(=O)c3cc4cccc(OC)c4o3)=C(O)C(=O)N2CCN(C)C)c1. The van der Waals surface area contributed by atoms with Crippen molar-refractivity contribution in [2.45, 2.75) is 6.04 Å². The molecule has 2 heterocycles. The van der Waals surface area contributed by atoms with E-state index in [-0.39, 0.29) is 11.3 Å². The number of rotatable bonds is 8. The van der Waals surface area contributed by atoms with Crippen LogP contribution >= 0.6 is 0 Å². The second kappa shape index (κ2) is 8.99. The largest absolute Gasteiger partial charge is 0.503 e. The summed E-state index contributed by atoms with van der Waals surface area (Å²) < 4.78 is 16.5. The summed E-state index contributed by atoms with van der Waals surface area (Å²) in [6, 6.07) is 13.3. The fourth-order valence-corrected chi connectivity index (χ4v) is 4.02. The highest BCUT2D eigenvalue weighted by molar-refractivity contribution is 6.16. The summed E-state index contributed by atoms with van der Waals surface area (Å²) in [6.07, 6.45) is 0. The highest BCUT2D eigenvalue weighted by Crippen LogP contribution is 2.40. The molecule has 0 saturated heterocycles. The van der Waals surface area contributed by atoms with Crippen LogP contribution in [-0.2, 0) is 4.79 Å². The topological polar surface area (TPSA) is 92.4 Å². The van der Waals surface area contributed by atoms with Crippen LogP contribution < -0.4 is 9.47 Å². The van der Waals surface area contributed by atoms with Gasteiger partial charge in [0.05, 0.1) is 25.8 Å².